The number of nitrogens with zero attached hydrogens (tertiary/aromatic N) is 2. The van der Waals surface area contributed by atoms with Crippen LogP contribution < -0.4 is 5.32 Å². The molecule has 0 amide bonds. The molecule has 1 aromatic heterocycles. The molecule has 108 valence electrons. The number of thiazole rings is 1. The standard InChI is InChI=1S/C15H20ClN3S/c1-11(10-19-6-2-3-7-19)9-17-15-18-13-5-4-12(16)8-14(13)20-15/h4-5,8,11H,2-3,6-7,9-10H2,1H3,(H,17,18). The Morgan fingerprint density at radius 3 is 3.00 bits per heavy atom. The predicted molar refractivity (Wildman–Crippen MR) is 88.0 cm³/mol. The molecule has 0 saturated carbocycles. The summed E-state index contributed by atoms with van der Waals surface area (Å²) < 4.78 is 1.15. The van der Waals surface area contributed by atoms with Crippen molar-refractivity contribution in [2.45, 2.75) is 19.8 Å². The number of anilines is 1. The Morgan fingerprint density at radius 1 is 1.40 bits per heavy atom. The summed E-state index contributed by atoms with van der Waals surface area (Å²) in [6.07, 6.45) is 2.72. The minimum absolute atomic E-state index is 0.642. The van der Waals surface area contributed by atoms with Gasteiger partial charge in [-0.15, -0.1) is 0 Å². The zero-order chi connectivity index (χ0) is 13.9. The summed E-state index contributed by atoms with van der Waals surface area (Å²) in [5, 5.41) is 5.23. The van der Waals surface area contributed by atoms with Crippen LogP contribution in [-0.2, 0) is 0 Å². The summed E-state index contributed by atoms with van der Waals surface area (Å²) in [5.74, 6) is 0.642. The average molecular weight is 310 g/mol. The molecule has 1 aliphatic heterocycles. The van der Waals surface area contributed by atoms with E-state index in [4.69, 9.17) is 11.6 Å². The van der Waals surface area contributed by atoms with Crippen LogP contribution in [0.2, 0.25) is 5.02 Å². The number of halogens is 1. The van der Waals surface area contributed by atoms with Crippen molar-refractivity contribution >= 4 is 38.3 Å². The highest BCUT2D eigenvalue weighted by molar-refractivity contribution is 7.22. The van der Waals surface area contributed by atoms with Crippen LogP contribution in [0.1, 0.15) is 19.8 Å². The summed E-state index contributed by atoms with van der Waals surface area (Å²) in [6.45, 7) is 7.00. The van der Waals surface area contributed by atoms with Gasteiger partial charge in [0, 0.05) is 18.1 Å². The monoisotopic (exact) mass is 309 g/mol. The van der Waals surface area contributed by atoms with Crippen molar-refractivity contribution in [3.8, 4) is 0 Å². The Hall–Kier alpha value is -0.840. The van der Waals surface area contributed by atoms with Crippen molar-refractivity contribution in [2.75, 3.05) is 31.5 Å². The summed E-state index contributed by atoms with van der Waals surface area (Å²) >= 11 is 7.68. The van der Waals surface area contributed by atoms with Gasteiger partial charge < -0.3 is 10.2 Å². The van der Waals surface area contributed by atoms with Gasteiger partial charge in [0.05, 0.1) is 10.2 Å². The van der Waals surface area contributed by atoms with Crippen molar-refractivity contribution in [3.05, 3.63) is 23.2 Å². The molecule has 3 rings (SSSR count). The smallest absolute Gasteiger partial charge is 0.183 e. The minimum Gasteiger partial charge on any atom is -0.361 e. The largest absolute Gasteiger partial charge is 0.361 e. The van der Waals surface area contributed by atoms with E-state index in [0.717, 1.165) is 26.9 Å². The Bertz CT molecular complexity index is 578. The van der Waals surface area contributed by atoms with Gasteiger partial charge in [0.15, 0.2) is 5.13 Å². The zero-order valence-corrected chi connectivity index (χ0v) is 13.3. The minimum atomic E-state index is 0.642. The van der Waals surface area contributed by atoms with Crippen LogP contribution in [-0.4, -0.2) is 36.1 Å². The number of likely N-dealkylation sites (tertiary alicyclic amines) is 1. The van der Waals surface area contributed by atoms with Crippen LogP contribution in [0.25, 0.3) is 10.2 Å². The molecule has 1 aliphatic rings. The van der Waals surface area contributed by atoms with Gasteiger partial charge in [-0.05, 0) is 50.0 Å². The molecule has 1 aromatic carbocycles. The Balaban J connectivity index is 1.56. The third-order valence-electron chi connectivity index (χ3n) is 3.72. The highest BCUT2D eigenvalue weighted by Gasteiger charge is 2.14. The third-order valence-corrected chi connectivity index (χ3v) is 4.93. The second-order valence-electron chi connectivity index (χ2n) is 5.62. The number of hydrogen-bond donors (Lipinski definition) is 1. The molecule has 2 aromatic rings. The first-order valence-electron chi connectivity index (χ1n) is 7.23. The maximum absolute atomic E-state index is 6.00. The Labute approximate surface area is 128 Å². The van der Waals surface area contributed by atoms with Gasteiger partial charge in [0.25, 0.3) is 0 Å². The molecule has 1 fully saturated rings. The fourth-order valence-corrected chi connectivity index (χ4v) is 3.85. The number of nitrogens with one attached hydrogen (secondary N) is 1. The maximum Gasteiger partial charge on any atom is 0.183 e. The average Bonchev–Trinajstić information content (AvgIpc) is 3.04. The van der Waals surface area contributed by atoms with E-state index in [-0.39, 0.29) is 0 Å². The molecule has 5 heteroatoms. The van der Waals surface area contributed by atoms with Crippen LogP contribution in [0.5, 0.6) is 0 Å². The van der Waals surface area contributed by atoms with Gasteiger partial charge in [-0.2, -0.15) is 0 Å². The van der Waals surface area contributed by atoms with Crippen molar-refractivity contribution in [2.24, 2.45) is 5.92 Å². The van der Waals surface area contributed by atoms with E-state index in [2.05, 4.69) is 22.1 Å². The van der Waals surface area contributed by atoms with Gasteiger partial charge in [0.1, 0.15) is 0 Å². The van der Waals surface area contributed by atoms with Crippen LogP contribution in [0.4, 0.5) is 5.13 Å². The number of rotatable bonds is 5. The van der Waals surface area contributed by atoms with E-state index in [1.165, 1.54) is 32.5 Å². The second-order valence-corrected chi connectivity index (χ2v) is 7.09. The van der Waals surface area contributed by atoms with Crippen LogP contribution in [0.3, 0.4) is 0 Å². The Morgan fingerprint density at radius 2 is 2.20 bits per heavy atom. The summed E-state index contributed by atoms with van der Waals surface area (Å²) in [4.78, 5) is 7.15. The molecule has 3 nitrogen and oxygen atoms in total. The molecule has 1 atom stereocenters. The number of aromatic nitrogens is 1. The van der Waals surface area contributed by atoms with Crippen molar-refractivity contribution in [3.63, 3.8) is 0 Å². The molecule has 1 unspecified atom stereocenters. The van der Waals surface area contributed by atoms with Crippen LogP contribution in [0.15, 0.2) is 18.2 Å². The topological polar surface area (TPSA) is 28.2 Å². The third kappa shape index (κ3) is 3.43. The molecule has 1 saturated heterocycles. The number of fused-ring (bicyclic) bond motifs is 1. The molecule has 0 spiro atoms. The van der Waals surface area contributed by atoms with Gasteiger partial charge in [0.2, 0.25) is 0 Å². The normalized spacial score (nSPS) is 17.7. The molecular formula is C15H20ClN3S. The van der Waals surface area contributed by atoms with Crippen molar-refractivity contribution in [1.29, 1.82) is 0 Å². The summed E-state index contributed by atoms with van der Waals surface area (Å²) in [5.41, 5.74) is 1.02. The van der Waals surface area contributed by atoms with Gasteiger partial charge in [-0.1, -0.05) is 29.9 Å². The second kappa shape index (κ2) is 6.29. The molecule has 2 heterocycles. The lowest BCUT2D eigenvalue weighted by Gasteiger charge is -2.20. The highest BCUT2D eigenvalue weighted by atomic mass is 35.5. The van der Waals surface area contributed by atoms with E-state index >= 15 is 0 Å². The first-order valence-corrected chi connectivity index (χ1v) is 8.42. The van der Waals surface area contributed by atoms with Crippen molar-refractivity contribution < 1.29 is 0 Å². The van der Waals surface area contributed by atoms with Gasteiger partial charge in [-0.3, -0.25) is 0 Å². The molecule has 0 bridgehead atoms. The predicted octanol–water partition coefficient (Wildman–Crippen LogP) is 4.09. The maximum atomic E-state index is 6.00. The highest BCUT2D eigenvalue weighted by Crippen LogP contribution is 2.28. The summed E-state index contributed by atoms with van der Waals surface area (Å²) in [7, 11) is 0. The first kappa shape index (κ1) is 14.1. The lowest BCUT2D eigenvalue weighted by Crippen LogP contribution is -2.28. The van der Waals surface area contributed by atoms with Gasteiger partial charge >= 0.3 is 0 Å². The van der Waals surface area contributed by atoms with E-state index in [9.17, 15) is 0 Å². The fourth-order valence-electron chi connectivity index (χ4n) is 2.71. The lowest BCUT2D eigenvalue weighted by molar-refractivity contribution is 0.294. The molecule has 20 heavy (non-hydrogen) atoms. The molecular weight excluding hydrogens is 290 g/mol. The zero-order valence-electron chi connectivity index (χ0n) is 11.7. The van der Waals surface area contributed by atoms with E-state index in [0.29, 0.717) is 5.92 Å². The van der Waals surface area contributed by atoms with E-state index < -0.39 is 0 Å². The van der Waals surface area contributed by atoms with Gasteiger partial charge in [-0.25, -0.2) is 4.98 Å². The first-order chi connectivity index (χ1) is 9.70. The molecule has 1 N–H and O–H groups in total. The van der Waals surface area contributed by atoms with Crippen LogP contribution in [0, 0.1) is 5.92 Å². The number of benzene rings is 1. The quantitative estimate of drug-likeness (QED) is 0.901. The fraction of sp³-hybridized carbons (Fsp3) is 0.533. The molecule has 0 radical (unpaired) electrons. The lowest BCUT2D eigenvalue weighted by atomic mass is 10.2. The molecule has 0 aliphatic carbocycles. The van der Waals surface area contributed by atoms with Crippen LogP contribution >= 0.6 is 22.9 Å². The SMILES string of the molecule is CC(CNc1nc2ccc(Cl)cc2s1)CN1CCCC1. The summed E-state index contributed by atoms with van der Waals surface area (Å²) in [6, 6.07) is 5.85. The number of hydrogen-bond acceptors (Lipinski definition) is 4. The van der Waals surface area contributed by atoms with Crippen molar-refractivity contribution in [1.82, 2.24) is 9.88 Å². The van der Waals surface area contributed by atoms with E-state index in [1.54, 1.807) is 11.3 Å². The Kier molecular flexibility index (Phi) is 4.44. The van der Waals surface area contributed by atoms with E-state index in [1.807, 2.05) is 18.2 Å².